The number of aryl methyl sites for hydroxylation is 3. The Hall–Kier alpha value is -1.53. The molecule has 2 aromatic rings. The van der Waals surface area contributed by atoms with Gasteiger partial charge in [-0.15, -0.1) is 0 Å². The van der Waals surface area contributed by atoms with Crippen molar-refractivity contribution in [2.75, 3.05) is 10.5 Å². The van der Waals surface area contributed by atoms with Gasteiger partial charge in [-0.3, -0.25) is 4.72 Å². The van der Waals surface area contributed by atoms with Crippen molar-refractivity contribution in [3.8, 4) is 0 Å². The predicted molar refractivity (Wildman–Crippen MR) is 90.0 cm³/mol. The fourth-order valence-electron chi connectivity index (χ4n) is 1.98. The Morgan fingerprint density at radius 1 is 1.00 bits per heavy atom. The molecule has 0 amide bonds. The van der Waals surface area contributed by atoms with E-state index in [1.807, 2.05) is 19.9 Å². The van der Waals surface area contributed by atoms with Crippen molar-refractivity contribution in [2.24, 2.45) is 0 Å². The SMILES string of the molecule is Cc1ccc(S(=O)(=O)Nc2c(C)cc(Br)cc2N)cc1C. The van der Waals surface area contributed by atoms with Crippen molar-refractivity contribution in [1.29, 1.82) is 0 Å². The van der Waals surface area contributed by atoms with Gasteiger partial charge < -0.3 is 5.73 Å². The first-order valence-electron chi connectivity index (χ1n) is 6.36. The maximum atomic E-state index is 12.5. The molecule has 112 valence electrons. The molecule has 21 heavy (non-hydrogen) atoms. The Balaban J connectivity index is 2.44. The third kappa shape index (κ3) is 3.39. The topological polar surface area (TPSA) is 72.2 Å². The highest BCUT2D eigenvalue weighted by Crippen LogP contribution is 2.30. The number of benzene rings is 2. The van der Waals surface area contributed by atoms with E-state index in [-0.39, 0.29) is 4.90 Å². The fraction of sp³-hybridized carbons (Fsp3) is 0.200. The predicted octanol–water partition coefficient (Wildman–Crippen LogP) is 3.76. The number of hydrogen-bond donors (Lipinski definition) is 2. The first-order valence-corrected chi connectivity index (χ1v) is 8.64. The number of nitrogens with one attached hydrogen (secondary N) is 1. The first-order chi connectivity index (χ1) is 9.70. The summed E-state index contributed by atoms with van der Waals surface area (Å²) in [6, 6.07) is 8.53. The first kappa shape index (κ1) is 15.9. The monoisotopic (exact) mass is 368 g/mol. The number of hydrogen-bond acceptors (Lipinski definition) is 3. The van der Waals surface area contributed by atoms with Gasteiger partial charge in [0.25, 0.3) is 10.0 Å². The summed E-state index contributed by atoms with van der Waals surface area (Å²) in [6.07, 6.45) is 0. The molecule has 0 aromatic heterocycles. The van der Waals surface area contributed by atoms with Crippen molar-refractivity contribution in [3.63, 3.8) is 0 Å². The summed E-state index contributed by atoms with van der Waals surface area (Å²) in [5, 5.41) is 0. The van der Waals surface area contributed by atoms with Gasteiger partial charge in [0.1, 0.15) is 0 Å². The molecular weight excluding hydrogens is 352 g/mol. The minimum Gasteiger partial charge on any atom is -0.397 e. The van der Waals surface area contributed by atoms with Crippen LogP contribution >= 0.6 is 15.9 Å². The third-order valence-corrected chi connectivity index (χ3v) is 5.16. The van der Waals surface area contributed by atoms with Gasteiger partial charge in [-0.05, 0) is 61.7 Å². The molecule has 0 saturated heterocycles. The average molecular weight is 369 g/mol. The molecule has 0 saturated carbocycles. The molecule has 0 atom stereocenters. The van der Waals surface area contributed by atoms with E-state index in [0.29, 0.717) is 11.4 Å². The lowest BCUT2D eigenvalue weighted by Crippen LogP contribution is -2.15. The highest BCUT2D eigenvalue weighted by molar-refractivity contribution is 9.10. The van der Waals surface area contributed by atoms with Gasteiger partial charge in [0.15, 0.2) is 0 Å². The number of anilines is 2. The molecule has 0 bridgehead atoms. The van der Waals surface area contributed by atoms with E-state index in [1.54, 1.807) is 31.2 Å². The maximum Gasteiger partial charge on any atom is 0.261 e. The lowest BCUT2D eigenvalue weighted by atomic mass is 10.1. The molecule has 4 nitrogen and oxygen atoms in total. The zero-order valence-corrected chi connectivity index (χ0v) is 14.5. The van der Waals surface area contributed by atoms with Crippen molar-refractivity contribution in [1.82, 2.24) is 0 Å². The van der Waals surface area contributed by atoms with Crippen LogP contribution in [0, 0.1) is 20.8 Å². The summed E-state index contributed by atoms with van der Waals surface area (Å²) in [5.41, 5.74) is 9.44. The van der Waals surface area contributed by atoms with Crippen LogP contribution in [0.4, 0.5) is 11.4 Å². The highest BCUT2D eigenvalue weighted by atomic mass is 79.9. The fourth-order valence-corrected chi connectivity index (χ4v) is 3.82. The van der Waals surface area contributed by atoms with Crippen LogP contribution in [0.1, 0.15) is 16.7 Å². The van der Waals surface area contributed by atoms with E-state index in [1.165, 1.54) is 0 Å². The number of nitrogen functional groups attached to an aromatic ring is 1. The van der Waals surface area contributed by atoms with Crippen molar-refractivity contribution >= 4 is 37.3 Å². The summed E-state index contributed by atoms with van der Waals surface area (Å²) in [5.74, 6) is 0. The number of sulfonamides is 1. The molecule has 0 fully saturated rings. The second-order valence-electron chi connectivity index (χ2n) is 5.04. The van der Waals surface area contributed by atoms with E-state index >= 15 is 0 Å². The Bertz CT molecular complexity index is 778. The molecule has 2 aromatic carbocycles. The van der Waals surface area contributed by atoms with Crippen molar-refractivity contribution in [3.05, 3.63) is 51.5 Å². The number of nitrogens with two attached hydrogens (primary N) is 1. The zero-order chi connectivity index (χ0) is 15.8. The van der Waals surface area contributed by atoms with Gasteiger partial charge in [0, 0.05) is 4.47 Å². The van der Waals surface area contributed by atoms with Crippen LogP contribution in [0.2, 0.25) is 0 Å². The summed E-state index contributed by atoms with van der Waals surface area (Å²) >= 11 is 3.33. The van der Waals surface area contributed by atoms with Gasteiger partial charge in [0.05, 0.1) is 16.3 Å². The molecule has 0 aliphatic rings. The van der Waals surface area contributed by atoms with E-state index in [4.69, 9.17) is 5.73 Å². The largest absolute Gasteiger partial charge is 0.397 e. The second-order valence-corrected chi connectivity index (χ2v) is 7.64. The second kappa shape index (κ2) is 5.69. The number of rotatable bonds is 3. The minimum absolute atomic E-state index is 0.229. The van der Waals surface area contributed by atoms with E-state index in [9.17, 15) is 8.42 Å². The molecule has 0 spiro atoms. The smallest absolute Gasteiger partial charge is 0.261 e. The number of halogens is 1. The molecule has 2 rings (SSSR count). The Kier molecular flexibility index (Phi) is 4.30. The lowest BCUT2D eigenvalue weighted by molar-refractivity contribution is 0.601. The Labute approximate surface area is 133 Å². The zero-order valence-electron chi connectivity index (χ0n) is 12.1. The Morgan fingerprint density at radius 2 is 1.67 bits per heavy atom. The van der Waals surface area contributed by atoms with Crippen LogP contribution in [0.3, 0.4) is 0 Å². The molecule has 0 unspecified atom stereocenters. The molecule has 0 heterocycles. The van der Waals surface area contributed by atoms with Gasteiger partial charge >= 0.3 is 0 Å². The van der Waals surface area contributed by atoms with E-state index < -0.39 is 10.0 Å². The van der Waals surface area contributed by atoms with Gasteiger partial charge in [0.2, 0.25) is 0 Å². The maximum absolute atomic E-state index is 12.5. The van der Waals surface area contributed by atoms with Crippen LogP contribution in [-0.2, 0) is 10.0 Å². The standard InChI is InChI=1S/C15H17BrN2O2S/c1-9-4-5-13(7-10(9)2)21(19,20)18-15-11(3)6-12(16)8-14(15)17/h4-8,18H,17H2,1-3H3. The summed E-state index contributed by atoms with van der Waals surface area (Å²) in [7, 11) is -3.66. The van der Waals surface area contributed by atoms with Crippen LogP contribution in [0.5, 0.6) is 0 Å². The Morgan fingerprint density at radius 3 is 2.24 bits per heavy atom. The molecule has 0 aliphatic carbocycles. The van der Waals surface area contributed by atoms with Crippen LogP contribution in [0.15, 0.2) is 39.7 Å². The molecule has 6 heteroatoms. The summed E-state index contributed by atoms with van der Waals surface area (Å²) in [4.78, 5) is 0.229. The summed E-state index contributed by atoms with van der Waals surface area (Å²) in [6.45, 7) is 5.63. The van der Waals surface area contributed by atoms with Gasteiger partial charge in [-0.25, -0.2) is 8.42 Å². The quantitative estimate of drug-likeness (QED) is 0.810. The lowest BCUT2D eigenvalue weighted by Gasteiger charge is -2.14. The third-order valence-electron chi connectivity index (χ3n) is 3.36. The van der Waals surface area contributed by atoms with E-state index in [0.717, 1.165) is 21.2 Å². The minimum atomic E-state index is -3.66. The molecule has 0 radical (unpaired) electrons. The highest BCUT2D eigenvalue weighted by Gasteiger charge is 2.17. The van der Waals surface area contributed by atoms with Gasteiger partial charge in [-0.2, -0.15) is 0 Å². The average Bonchev–Trinajstić information content (AvgIpc) is 2.37. The molecular formula is C15H17BrN2O2S. The normalized spacial score (nSPS) is 11.4. The summed E-state index contributed by atoms with van der Waals surface area (Å²) < 4.78 is 28.3. The van der Waals surface area contributed by atoms with Crippen LogP contribution in [-0.4, -0.2) is 8.42 Å². The van der Waals surface area contributed by atoms with Crippen molar-refractivity contribution in [2.45, 2.75) is 25.7 Å². The van der Waals surface area contributed by atoms with Crippen molar-refractivity contribution < 1.29 is 8.42 Å². The van der Waals surface area contributed by atoms with Gasteiger partial charge in [-0.1, -0.05) is 22.0 Å². The van der Waals surface area contributed by atoms with Crippen LogP contribution in [0.25, 0.3) is 0 Å². The molecule has 3 N–H and O–H groups in total. The molecule has 0 aliphatic heterocycles. The van der Waals surface area contributed by atoms with E-state index in [2.05, 4.69) is 20.7 Å². The van der Waals surface area contributed by atoms with Crippen LogP contribution < -0.4 is 10.5 Å².